The SMILES string of the molecule is CC(O)C(C)Sc1ccc(C(=O)O)cc1Br. The third-order valence-electron chi connectivity index (χ3n) is 2.17. The second-order valence-corrected chi connectivity index (χ2v) is 5.79. The highest BCUT2D eigenvalue weighted by Gasteiger charge is 2.13. The summed E-state index contributed by atoms with van der Waals surface area (Å²) in [5.41, 5.74) is 0.251. The molecule has 2 atom stereocenters. The Balaban J connectivity index is 2.87. The molecular formula is C11H13BrO3S. The van der Waals surface area contributed by atoms with Gasteiger partial charge in [0.2, 0.25) is 0 Å². The Morgan fingerprint density at radius 1 is 1.44 bits per heavy atom. The maximum Gasteiger partial charge on any atom is 0.335 e. The molecule has 1 aromatic carbocycles. The lowest BCUT2D eigenvalue weighted by atomic mass is 10.2. The Kier molecular flexibility index (Phi) is 4.83. The number of benzene rings is 1. The van der Waals surface area contributed by atoms with Gasteiger partial charge in [-0.2, -0.15) is 0 Å². The molecule has 2 unspecified atom stereocenters. The summed E-state index contributed by atoms with van der Waals surface area (Å²) in [6, 6.07) is 4.88. The van der Waals surface area contributed by atoms with Crippen molar-refractivity contribution in [2.75, 3.05) is 0 Å². The van der Waals surface area contributed by atoms with Crippen LogP contribution in [0, 0.1) is 0 Å². The highest BCUT2D eigenvalue weighted by molar-refractivity contribution is 9.10. The molecule has 0 saturated carbocycles. The minimum Gasteiger partial charge on any atom is -0.478 e. The number of rotatable bonds is 4. The molecule has 88 valence electrons. The Labute approximate surface area is 107 Å². The molecule has 0 aliphatic carbocycles. The first-order valence-electron chi connectivity index (χ1n) is 4.79. The van der Waals surface area contributed by atoms with Crippen LogP contribution in [-0.2, 0) is 0 Å². The Hall–Kier alpha value is -0.520. The van der Waals surface area contributed by atoms with E-state index in [1.165, 1.54) is 11.8 Å². The van der Waals surface area contributed by atoms with Crippen molar-refractivity contribution in [1.82, 2.24) is 0 Å². The van der Waals surface area contributed by atoms with Gasteiger partial charge >= 0.3 is 5.97 Å². The fourth-order valence-corrected chi connectivity index (χ4v) is 2.60. The second kappa shape index (κ2) is 5.70. The third-order valence-corrected chi connectivity index (χ3v) is 4.47. The van der Waals surface area contributed by atoms with E-state index in [0.29, 0.717) is 0 Å². The zero-order valence-electron chi connectivity index (χ0n) is 8.98. The average Bonchev–Trinajstić information content (AvgIpc) is 2.20. The summed E-state index contributed by atoms with van der Waals surface area (Å²) in [6.45, 7) is 3.66. The van der Waals surface area contributed by atoms with Crippen molar-refractivity contribution >= 4 is 33.7 Å². The van der Waals surface area contributed by atoms with Gasteiger partial charge in [0, 0.05) is 14.6 Å². The molecule has 0 aliphatic rings. The molecule has 0 fully saturated rings. The summed E-state index contributed by atoms with van der Waals surface area (Å²) in [5, 5.41) is 18.3. The Morgan fingerprint density at radius 2 is 2.06 bits per heavy atom. The van der Waals surface area contributed by atoms with E-state index in [4.69, 9.17) is 5.11 Å². The Bertz CT molecular complexity index is 393. The summed E-state index contributed by atoms with van der Waals surface area (Å²) >= 11 is 4.84. The third kappa shape index (κ3) is 3.50. The van der Waals surface area contributed by atoms with Crippen molar-refractivity contribution in [2.24, 2.45) is 0 Å². The van der Waals surface area contributed by atoms with E-state index < -0.39 is 12.1 Å². The number of aromatic carboxylic acids is 1. The summed E-state index contributed by atoms with van der Waals surface area (Å²) < 4.78 is 0.741. The maximum absolute atomic E-state index is 10.7. The first-order chi connectivity index (χ1) is 7.41. The largest absolute Gasteiger partial charge is 0.478 e. The molecule has 16 heavy (non-hydrogen) atoms. The van der Waals surface area contributed by atoms with Crippen LogP contribution in [0.2, 0.25) is 0 Å². The minimum absolute atomic E-state index is 0.0620. The van der Waals surface area contributed by atoms with Crippen LogP contribution in [0.3, 0.4) is 0 Å². The summed E-state index contributed by atoms with van der Waals surface area (Å²) in [4.78, 5) is 11.7. The van der Waals surface area contributed by atoms with Gasteiger partial charge in [0.05, 0.1) is 11.7 Å². The van der Waals surface area contributed by atoms with Gasteiger partial charge in [0.1, 0.15) is 0 Å². The number of thioether (sulfide) groups is 1. The second-order valence-electron chi connectivity index (χ2n) is 3.51. The fourth-order valence-electron chi connectivity index (χ4n) is 1.03. The smallest absolute Gasteiger partial charge is 0.335 e. The van der Waals surface area contributed by atoms with Crippen molar-refractivity contribution in [3.8, 4) is 0 Å². The quantitative estimate of drug-likeness (QED) is 0.840. The molecule has 0 heterocycles. The molecule has 0 amide bonds. The molecule has 2 N–H and O–H groups in total. The number of carbonyl (C=O) groups is 1. The van der Waals surface area contributed by atoms with Gasteiger partial charge in [-0.05, 0) is 41.1 Å². The van der Waals surface area contributed by atoms with Crippen molar-refractivity contribution in [3.05, 3.63) is 28.2 Å². The lowest BCUT2D eigenvalue weighted by molar-refractivity contribution is 0.0696. The topological polar surface area (TPSA) is 57.5 Å². The van der Waals surface area contributed by atoms with Crippen LogP contribution in [0.5, 0.6) is 0 Å². The van der Waals surface area contributed by atoms with Gasteiger partial charge < -0.3 is 10.2 Å². The van der Waals surface area contributed by atoms with Crippen LogP contribution in [-0.4, -0.2) is 27.5 Å². The molecule has 0 radical (unpaired) electrons. The first-order valence-corrected chi connectivity index (χ1v) is 6.46. The number of aliphatic hydroxyl groups excluding tert-OH is 1. The van der Waals surface area contributed by atoms with Gasteiger partial charge in [-0.3, -0.25) is 0 Å². The number of carboxylic acids is 1. The van der Waals surface area contributed by atoms with Gasteiger partial charge in [-0.25, -0.2) is 4.79 Å². The minimum atomic E-state index is -0.944. The number of hydrogen-bond donors (Lipinski definition) is 2. The highest BCUT2D eigenvalue weighted by Crippen LogP contribution is 2.32. The van der Waals surface area contributed by atoms with E-state index in [1.54, 1.807) is 25.1 Å². The highest BCUT2D eigenvalue weighted by atomic mass is 79.9. The molecule has 5 heteroatoms. The number of hydrogen-bond acceptors (Lipinski definition) is 3. The van der Waals surface area contributed by atoms with Crippen LogP contribution in [0.1, 0.15) is 24.2 Å². The van der Waals surface area contributed by atoms with E-state index in [0.717, 1.165) is 9.37 Å². The molecule has 3 nitrogen and oxygen atoms in total. The van der Waals surface area contributed by atoms with Crippen LogP contribution >= 0.6 is 27.7 Å². The molecule has 0 bridgehead atoms. The zero-order chi connectivity index (χ0) is 12.3. The fraction of sp³-hybridized carbons (Fsp3) is 0.364. The average molecular weight is 305 g/mol. The van der Waals surface area contributed by atoms with Crippen LogP contribution < -0.4 is 0 Å². The molecule has 0 aromatic heterocycles. The molecule has 0 aliphatic heterocycles. The van der Waals surface area contributed by atoms with Gasteiger partial charge in [-0.1, -0.05) is 6.92 Å². The lowest BCUT2D eigenvalue weighted by Crippen LogP contribution is -2.14. The standard InChI is InChI=1S/C11H13BrO3S/c1-6(13)7(2)16-10-4-3-8(11(14)15)5-9(10)12/h3-7,13H,1-2H3,(H,14,15). The molecule has 1 rings (SSSR count). The van der Waals surface area contributed by atoms with Crippen molar-refractivity contribution < 1.29 is 15.0 Å². The zero-order valence-corrected chi connectivity index (χ0v) is 11.4. The van der Waals surface area contributed by atoms with Crippen LogP contribution in [0.15, 0.2) is 27.6 Å². The van der Waals surface area contributed by atoms with E-state index >= 15 is 0 Å². The lowest BCUT2D eigenvalue weighted by Gasteiger charge is -2.15. The van der Waals surface area contributed by atoms with E-state index in [1.807, 2.05) is 6.92 Å². The van der Waals surface area contributed by atoms with E-state index in [-0.39, 0.29) is 10.8 Å². The maximum atomic E-state index is 10.7. The number of aliphatic hydroxyl groups is 1. The van der Waals surface area contributed by atoms with Crippen LogP contribution in [0.25, 0.3) is 0 Å². The van der Waals surface area contributed by atoms with E-state index in [2.05, 4.69) is 15.9 Å². The monoisotopic (exact) mass is 304 g/mol. The molecule has 0 saturated heterocycles. The summed E-state index contributed by atoms with van der Waals surface area (Å²) in [7, 11) is 0. The first kappa shape index (κ1) is 13.5. The van der Waals surface area contributed by atoms with E-state index in [9.17, 15) is 9.90 Å². The van der Waals surface area contributed by atoms with Gasteiger partial charge in [-0.15, -0.1) is 11.8 Å². The number of carboxylic acid groups (broad SMARTS) is 1. The predicted octanol–water partition coefficient (Wildman–Crippen LogP) is 3.01. The normalized spacial score (nSPS) is 14.5. The predicted molar refractivity (Wildman–Crippen MR) is 68.1 cm³/mol. The van der Waals surface area contributed by atoms with Crippen molar-refractivity contribution in [3.63, 3.8) is 0 Å². The molecule has 1 aromatic rings. The molecular weight excluding hydrogens is 292 g/mol. The molecule has 0 spiro atoms. The number of halogens is 1. The van der Waals surface area contributed by atoms with Gasteiger partial charge in [0.15, 0.2) is 0 Å². The van der Waals surface area contributed by atoms with Crippen molar-refractivity contribution in [1.29, 1.82) is 0 Å². The van der Waals surface area contributed by atoms with Crippen LogP contribution in [0.4, 0.5) is 0 Å². The van der Waals surface area contributed by atoms with Gasteiger partial charge in [0.25, 0.3) is 0 Å². The summed E-state index contributed by atoms with van der Waals surface area (Å²) in [6.07, 6.45) is -0.406. The Morgan fingerprint density at radius 3 is 2.50 bits per heavy atom. The van der Waals surface area contributed by atoms with Crippen molar-refractivity contribution in [2.45, 2.75) is 30.1 Å². The summed E-state index contributed by atoms with van der Waals surface area (Å²) in [5.74, 6) is -0.944.